The van der Waals surface area contributed by atoms with Crippen molar-refractivity contribution in [3.8, 4) is 0 Å². The molecule has 0 saturated heterocycles. The van der Waals surface area contributed by atoms with Crippen LogP contribution < -0.4 is 5.32 Å². The second-order valence-electron chi connectivity index (χ2n) is 5.29. The van der Waals surface area contributed by atoms with Crippen LogP contribution in [0.2, 0.25) is 0 Å². The lowest BCUT2D eigenvalue weighted by Crippen LogP contribution is -2.48. The van der Waals surface area contributed by atoms with Crippen LogP contribution in [0.25, 0.3) is 0 Å². The van der Waals surface area contributed by atoms with Crippen LogP contribution >= 0.6 is 0 Å². The Labute approximate surface area is 119 Å². The number of carboxylic acids is 1. The van der Waals surface area contributed by atoms with Crippen LogP contribution in [0.3, 0.4) is 0 Å². The second-order valence-corrected chi connectivity index (χ2v) is 5.29. The number of carbonyl (C=O) groups excluding carboxylic acids is 1. The first kappa shape index (κ1) is 15.3. The third kappa shape index (κ3) is 2.59. The minimum atomic E-state index is -4.54. The van der Waals surface area contributed by atoms with Crippen molar-refractivity contribution in [3.63, 3.8) is 0 Å². The highest BCUT2D eigenvalue weighted by Gasteiger charge is 2.64. The molecule has 1 amide bonds. The van der Waals surface area contributed by atoms with E-state index in [0.29, 0.717) is 11.1 Å². The van der Waals surface area contributed by atoms with Gasteiger partial charge < -0.3 is 10.4 Å². The van der Waals surface area contributed by atoms with Crippen molar-refractivity contribution in [2.24, 2.45) is 0 Å². The summed E-state index contributed by atoms with van der Waals surface area (Å²) in [6.07, 6.45) is -4.91. The maximum atomic E-state index is 12.9. The number of carboxylic acid groups (broad SMARTS) is 1. The SMILES string of the molecule is Cc1ccc(C)c(C(=O)NC2(C(F)(F)F)CC2)c1C(=O)O. The predicted octanol–water partition coefficient (Wildman–Crippen LogP) is 2.83. The number of carbonyl (C=O) groups is 2. The zero-order valence-electron chi connectivity index (χ0n) is 11.5. The molecule has 0 atom stereocenters. The molecule has 1 saturated carbocycles. The summed E-state index contributed by atoms with van der Waals surface area (Å²) < 4.78 is 38.6. The molecule has 0 heterocycles. The molecule has 0 bridgehead atoms. The first-order valence-electron chi connectivity index (χ1n) is 6.32. The van der Waals surface area contributed by atoms with Gasteiger partial charge in [-0.25, -0.2) is 4.79 Å². The van der Waals surface area contributed by atoms with E-state index in [1.165, 1.54) is 26.0 Å². The average molecular weight is 301 g/mol. The Hall–Kier alpha value is -2.05. The molecule has 0 aromatic heterocycles. The summed E-state index contributed by atoms with van der Waals surface area (Å²) in [5.74, 6) is -2.33. The Morgan fingerprint density at radius 3 is 2.00 bits per heavy atom. The Morgan fingerprint density at radius 1 is 1.14 bits per heavy atom. The number of nitrogens with one attached hydrogen (secondary N) is 1. The summed E-state index contributed by atoms with van der Waals surface area (Å²) in [6.45, 7) is 2.99. The number of hydrogen-bond donors (Lipinski definition) is 2. The van der Waals surface area contributed by atoms with Gasteiger partial charge in [-0.05, 0) is 37.8 Å². The van der Waals surface area contributed by atoms with E-state index in [4.69, 9.17) is 0 Å². The quantitative estimate of drug-likeness (QED) is 0.902. The van der Waals surface area contributed by atoms with Crippen molar-refractivity contribution in [1.29, 1.82) is 0 Å². The number of halogens is 3. The zero-order valence-corrected chi connectivity index (χ0v) is 11.5. The van der Waals surface area contributed by atoms with Gasteiger partial charge in [0.05, 0.1) is 11.1 Å². The number of hydrogen-bond acceptors (Lipinski definition) is 2. The van der Waals surface area contributed by atoms with E-state index in [1.807, 2.05) is 5.32 Å². The van der Waals surface area contributed by atoms with Crippen LogP contribution in [0.5, 0.6) is 0 Å². The third-order valence-corrected chi connectivity index (χ3v) is 3.71. The summed E-state index contributed by atoms with van der Waals surface area (Å²) in [6, 6.07) is 3.04. The number of amides is 1. The van der Waals surface area contributed by atoms with E-state index in [1.54, 1.807) is 0 Å². The summed E-state index contributed by atoms with van der Waals surface area (Å²) in [7, 11) is 0. The van der Waals surface area contributed by atoms with Gasteiger partial charge in [0.1, 0.15) is 5.54 Å². The van der Waals surface area contributed by atoms with E-state index in [2.05, 4.69) is 0 Å². The molecule has 4 nitrogen and oxygen atoms in total. The Bertz CT molecular complexity index is 619. The fourth-order valence-electron chi connectivity index (χ4n) is 2.26. The van der Waals surface area contributed by atoms with E-state index < -0.39 is 23.6 Å². The Morgan fingerprint density at radius 2 is 1.62 bits per heavy atom. The Balaban J connectivity index is 2.41. The molecule has 1 fully saturated rings. The molecule has 0 unspecified atom stereocenters. The molecule has 0 spiro atoms. The molecular formula is C14H14F3NO3. The van der Waals surface area contributed by atoms with Crippen LogP contribution in [-0.2, 0) is 0 Å². The van der Waals surface area contributed by atoms with Gasteiger partial charge in [-0.15, -0.1) is 0 Å². The van der Waals surface area contributed by atoms with Gasteiger partial charge in [0.25, 0.3) is 5.91 Å². The molecule has 1 aliphatic rings. The summed E-state index contributed by atoms with van der Waals surface area (Å²) in [4.78, 5) is 23.4. The van der Waals surface area contributed by atoms with Crippen LogP contribution in [0, 0.1) is 13.8 Å². The molecule has 114 valence electrons. The fourth-order valence-corrected chi connectivity index (χ4v) is 2.26. The van der Waals surface area contributed by atoms with Crippen molar-refractivity contribution >= 4 is 11.9 Å². The lowest BCUT2D eigenvalue weighted by Gasteiger charge is -2.22. The highest BCUT2D eigenvalue weighted by atomic mass is 19.4. The van der Waals surface area contributed by atoms with Crippen molar-refractivity contribution in [2.75, 3.05) is 0 Å². The minimum absolute atomic E-state index is 0.185. The van der Waals surface area contributed by atoms with Crippen molar-refractivity contribution in [1.82, 2.24) is 5.32 Å². The topological polar surface area (TPSA) is 66.4 Å². The third-order valence-electron chi connectivity index (χ3n) is 3.71. The molecule has 2 rings (SSSR count). The van der Waals surface area contributed by atoms with Gasteiger partial charge in [-0.3, -0.25) is 4.79 Å². The second kappa shape index (κ2) is 4.75. The van der Waals surface area contributed by atoms with Crippen LogP contribution in [0.4, 0.5) is 13.2 Å². The molecule has 1 aliphatic carbocycles. The van der Waals surface area contributed by atoms with Gasteiger partial charge in [-0.2, -0.15) is 13.2 Å². The Kier molecular flexibility index (Phi) is 3.47. The number of benzene rings is 1. The highest BCUT2D eigenvalue weighted by molar-refractivity contribution is 6.07. The molecule has 0 aliphatic heterocycles. The first-order valence-corrected chi connectivity index (χ1v) is 6.32. The molecule has 0 radical (unpaired) electrons. The van der Waals surface area contributed by atoms with Crippen molar-refractivity contribution < 1.29 is 27.9 Å². The lowest BCUT2D eigenvalue weighted by molar-refractivity contribution is -0.163. The number of aromatic carboxylic acids is 1. The van der Waals surface area contributed by atoms with E-state index in [9.17, 15) is 27.9 Å². The van der Waals surface area contributed by atoms with Crippen LogP contribution in [0.1, 0.15) is 44.7 Å². The molecule has 21 heavy (non-hydrogen) atoms. The number of aryl methyl sites for hydroxylation is 2. The summed E-state index contributed by atoms with van der Waals surface area (Å²) >= 11 is 0. The number of alkyl halides is 3. The van der Waals surface area contributed by atoms with Gasteiger partial charge in [0.2, 0.25) is 0 Å². The van der Waals surface area contributed by atoms with Gasteiger partial charge in [0, 0.05) is 0 Å². The van der Waals surface area contributed by atoms with Crippen molar-refractivity contribution in [3.05, 3.63) is 34.4 Å². The normalized spacial score (nSPS) is 16.4. The first-order chi connectivity index (χ1) is 9.59. The van der Waals surface area contributed by atoms with E-state index in [0.717, 1.165) is 0 Å². The van der Waals surface area contributed by atoms with Crippen LogP contribution in [-0.4, -0.2) is 28.7 Å². The van der Waals surface area contributed by atoms with Gasteiger partial charge in [-0.1, -0.05) is 12.1 Å². The summed E-state index contributed by atoms with van der Waals surface area (Å²) in [5.41, 5.74) is -2.03. The highest BCUT2D eigenvalue weighted by Crippen LogP contribution is 2.49. The van der Waals surface area contributed by atoms with E-state index >= 15 is 0 Å². The van der Waals surface area contributed by atoms with Crippen LogP contribution in [0.15, 0.2) is 12.1 Å². The standard InChI is InChI=1S/C14H14F3NO3/c1-7-3-4-8(2)10(12(20)21)9(7)11(19)18-13(5-6-13)14(15,16)17/h3-4H,5-6H2,1-2H3,(H,18,19)(H,20,21). The molecule has 2 N–H and O–H groups in total. The molecular weight excluding hydrogens is 287 g/mol. The minimum Gasteiger partial charge on any atom is -0.478 e. The average Bonchev–Trinajstić information content (AvgIpc) is 3.11. The molecule has 1 aromatic rings. The maximum Gasteiger partial charge on any atom is 0.411 e. The summed E-state index contributed by atoms with van der Waals surface area (Å²) in [5, 5.41) is 11.2. The maximum absolute atomic E-state index is 12.9. The van der Waals surface area contributed by atoms with Gasteiger partial charge in [0.15, 0.2) is 0 Å². The smallest absolute Gasteiger partial charge is 0.411 e. The largest absolute Gasteiger partial charge is 0.478 e. The van der Waals surface area contributed by atoms with Crippen molar-refractivity contribution in [2.45, 2.75) is 38.4 Å². The van der Waals surface area contributed by atoms with Gasteiger partial charge >= 0.3 is 12.1 Å². The number of rotatable bonds is 3. The van der Waals surface area contributed by atoms with E-state index in [-0.39, 0.29) is 24.0 Å². The zero-order chi connectivity index (χ0) is 16.0. The monoisotopic (exact) mass is 301 g/mol. The fraction of sp³-hybridized carbons (Fsp3) is 0.429. The lowest BCUT2D eigenvalue weighted by atomic mass is 9.96. The molecule has 7 heteroatoms. The molecule has 1 aromatic carbocycles. The predicted molar refractivity (Wildman–Crippen MR) is 68.4 cm³/mol.